The number of amidine groups is 1. The first kappa shape index (κ1) is 14.0. The third kappa shape index (κ3) is 3.13. The number of urea groups is 1. The fourth-order valence-electron chi connectivity index (χ4n) is 2.36. The topological polar surface area (TPSA) is 82.2 Å². The van der Waals surface area contributed by atoms with Crippen molar-refractivity contribution in [2.24, 2.45) is 11.1 Å². The second-order valence-electron chi connectivity index (χ2n) is 5.83. The Balaban J connectivity index is 1.92. The van der Waals surface area contributed by atoms with Gasteiger partial charge in [0, 0.05) is 25.9 Å². The molecule has 5 nitrogen and oxygen atoms in total. The lowest BCUT2D eigenvalue weighted by atomic mass is 9.98. The number of carbonyl (C=O) groups excluding carboxylic acids is 1. The number of piperidine rings is 1. The van der Waals surface area contributed by atoms with Gasteiger partial charge in [0.05, 0.1) is 6.04 Å². The van der Waals surface area contributed by atoms with E-state index in [1.807, 2.05) is 6.92 Å². The fourth-order valence-corrected chi connectivity index (χ4v) is 2.36. The molecule has 0 spiro atoms. The van der Waals surface area contributed by atoms with E-state index in [1.54, 1.807) is 0 Å². The Kier molecular flexibility index (Phi) is 3.40. The van der Waals surface area contributed by atoms with Crippen LogP contribution in [0.3, 0.4) is 0 Å². The number of alkyl halides is 2. The number of hydrogen-bond acceptors (Lipinski definition) is 2. The number of likely N-dealkylation sites (tertiary alicyclic amines) is 1. The number of rotatable bonds is 3. The van der Waals surface area contributed by atoms with Crippen molar-refractivity contribution in [2.45, 2.75) is 44.6 Å². The van der Waals surface area contributed by atoms with Crippen molar-refractivity contribution in [1.29, 1.82) is 5.41 Å². The molecule has 1 aliphatic carbocycles. The van der Waals surface area contributed by atoms with E-state index in [-0.39, 0.29) is 37.2 Å². The summed E-state index contributed by atoms with van der Waals surface area (Å²) in [6.07, 6.45) is 1.22. The van der Waals surface area contributed by atoms with Gasteiger partial charge in [-0.2, -0.15) is 0 Å². The molecule has 1 saturated heterocycles. The van der Waals surface area contributed by atoms with Gasteiger partial charge < -0.3 is 16.0 Å². The van der Waals surface area contributed by atoms with Crippen molar-refractivity contribution in [3.8, 4) is 0 Å². The van der Waals surface area contributed by atoms with Crippen molar-refractivity contribution < 1.29 is 13.6 Å². The summed E-state index contributed by atoms with van der Waals surface area (Å²) in [5.74, 6) is -2.74. The van der Waals surface area contributed by atoms with E-state index in [4.69, 9.17) is 11.1 Å². The molecule has 0 aromatic carbocycles. The number of nitrogens with two attached hydrogens (primary N) is 1. The highest BCUT2D eigenvalue weighted by atomic mass is 19.3. The lowest BCUT2D eigenvalue weighted by Crippen LogP contribution is -2.55. The monoisotopic (exact) mass is 274 g/mol. The number of nitrogens with one attached hydrogen (secondary N) is 2. The summed E-state index contributed by atoms with van der Waals surface area (Å²) in [6.45, 7) is 2.05. The predicted octanol–water partition coefficient (Wildman–Crippen LogP) is 1.53. The SMILES string of the molecule is CC1([C@H](NC(=O)N2CCC(F)(F)CC2)C(=N)N)CC1. The molecule has 1 heterocycles. The Morgan fingerprint density at radius 3 is 2.26 bits per heavy atom. The number of carbonyl (C=O) groups is 1. The maximum absolute atomic E-state index is 13.0. The molecule has 7 heteroatoms. The first-order valence-corrected chi connectivity index (χ1v) is 6.51. The average Bonchev–Trinajstić information content (AvgIpc) is 3.04. The molecule has 108 valence electrons. The minimum absolute atomic E-state index is 0.0418. The molecule has 19 heavy (non-hydrogen) atoms. The zero-order valence-corrected chi connectivity index (χ0v) is 11.0. The molecule has 2 amide bonds. The van der Waals surface area contributed by atoms with Crippen molar-refractivity contribution in [2.75, 3.05) is 13.1 Å². The van der Waals surface area contributed by atoms with E-state index < -0.39 is 18.0 Å². The largest absolute Gasteiger partial charge is 0.386 e. The van der Waals surface area contributed by atoms with E-state index in [0.29, 0.717) is 0 Å². The second-order valence-corrected chi connectivity index (χ2v) is 5.83. The molecule has 1 aliphatic heterocycles. The number of hydrogen-bond donors (Lipinski definition) is 3. The van der Waals surface area contributed by atoms with Crippen molar-refractivity contribution in [3.63, 3.8) is 0 Å². The van der Waals surface area contributed by atoms with Crippen LogP contribution < -0.4 is 11.1 Å². The van der Waals surface area contributed by atoms with Crippen LogP contribution >= 0.6 is 0 Å². The van der Waals surface area contributed by atoms with Crippen LogP contribution in [0.25, 0.3) is 0 Å². The number of amides is 2. The highest BCUT2D eigenvalue weighted by molar-refractivity contribution is 5.89. The van der Waals surface area contributed by atoms with Gasteiger partial charge in [0.1, 0.15) is 5.84 Å². The zero-order chi connectivity index (χ0) is 14.3. The van der Waals surface area contributed by atoms with E-state index in [0.717, 1.165) is 12.8 Å². The molecule has 1 atom stereocenters. The lowest BCUT2D eigenvalue weighted by molar-refractivity contribution is -0.0471. The van der Waals surface area contributed by atoms with Gasteiger partial charge in [-0.3, -0.25) is 5.41 Å². The summed E-state index contributed by atoms with van der Waals surface area (Å²) in [6, 6.07) is -0.897. The Hall–Kier alpha value is -1.40. The highest BCUT2D eigenvalue weighted by Gasteiger charge is 2.47. The van der Waals surface area contributed by atoms with Crippen molar-refractivity contribution in [3.05, 3.63) is 0 Å². The van der Waals surface area contributed by atoms with Gasteiger partial charge in [0.15, 0.2) is 0 Å². The minimum atomic E-state index is -2.67. The maximum atomic E-state index is 13.0. The first-order valence-electron chi connectivity index (χ1n) is 6.51. The molecule has 0 unspecified atom stereocenters. The molecule has 0 bridgehead atoms. The second kappa shape index (κ2) is 4.61. The summed E-state index contributed by atoms with van der Waals surface area (Å²) in [5.41, 5.74) is 5.36. The van der Waals surface area contributed by atoms with Crippen LogP contribution in [-0.4, -0.2) is 41.8 Å². The van der Waals surface area contributed by atoms with Crippen LogP contribution in [0, 0.1) is 10.8 Å². The normalized spacial score (nSPS) is 25.5. The van der Waals surface area contributed by atoms with Gasteiger partial charge in [0.25, 0.3) is 5.92 Å². The van der Waals surface area contributed by atoms with Crippen LogP contribution in [0.5, 0.6) is 0 Å². The fraction of sp³-hybridized carbons (Fsp3) is 0.833. The smallest absolute Gasteiger partial charge is 0.318 e. The summed E-state index contributed by atoms with van der Waals surface area (Å²) < 4.78 is 26.0. The molecule has 0 radical (unpaired) electrons. The Morgan fingerprint density at radius 1 is 1.32 bits per heavy atom. The molecule has 2 aliphatic rings. The predicted molar refractivity (Wildman–Crippen MR) is 67.3 cm³/mol. The highest BCUT2D eigenvalue weighted by Crippen LogP contribution is 2.48. The van der Waals surface area contributed by atoms with Crippen LogP contribution in [0.2, 0.25) is 0 Å². The van der Waals surface area contributed by atoms with Crippen LogP contribution in [0.1, 0.15) is 32.6 Å². The molecule has 4 N–H and O–H groups in total. The standard InChI is InChI=1S/C12H20F2N4O/c1-11(2-3-11)8(9(15)16)17-10(19)18-6-4-12(13,14)5-7-18/h8H,2-7H2,1H3,(H3,15,16)(H,17,19)/t8-/m1/s1. The third-order valence-electron chi connectivity index (χ3n) is 4.10. The number of nitrogens with zero attached hydrogens (tertiary/aromatic N) is 1. The summed E-state index contributed by atoms with van der Waals surface area (Å²) in [7, 11) is 0. The number of halogens is 2. The van der Waals surface area contributed by atoms with Gasteiger partial charge in [-0.15, -0.1) is 0 Å². The van der Waals surface area contributed by atoms with Gasteiger partial charge in [0.2, 0.25) is 0 Å². The van der Waals surface area contributed by atoms with Crippen LogP contribution in [-0.2, 0) is 0 Å². The summed E-state index contributed by atoms with van der Waals surface area (Å²) >= 11 is 0. The van der Waals surface area contributed by atoms with Gasteiger partial charge in [-0.1, -0.05) is 6.92 Å². The quantitative estimate of drug-likeness (QED) is 0.539. The lowest BCUT2D eigenvalue weighted by Gasteiger charge is -2.34. The zero-order valence-electron chi connectivity index (χ0n) is 11.0. The van der Waals surface area contributed by atoms with Gasteiger partial charge >= 0.3 is 6.03 Å². The minimum Gasteiger partial charge on any atom is -0.386 e. The molecule has 0 aromatic heterocycles. The Labute approximate surface area is 111 Å². The third-order valence-corrected chi connectivity index (χ3v) is 4.10. The van der Waals surface area contributed by atoms with Crippen molar-refractivity contribution >= 4 is 11.9 Å². The van der Waals surface area contributed by atoms with Gasteiger partial charge in [-0.25, -0.2) is 13.6 Å². The Morgan fingerprint density at radius 2 is 1.84 bits per heavy atom. The molecular formula is C12H20F2N4O. The summed E-state index contributed by atoms with van der Waals surface area (Å²) in [4.78, 5) is 13.4. The van der Waals surface area contributed by atoms with Crippen LogP contribution in [0.4, 0.5) is 13.6 Å². The maximum Gasteiger partial charge on any atom is 0.318 e. The van der Waals surface area contributed by atoms with E-state index >= 15 is 0 Å². The first-order chi connectivity index (χ1) is 8.73. The molecular weight excluding hydrogens is 254 g/mol. The summed E-state index contributed by atoms with van der Waals surface area (Å²) in [5, 5.41) is 10.3. The van der Waals surface area contributed by atoms with E-state index in [1.165, 1.54) is 4.90 Å². The van der Waals surface area contributed by atoms with Gasteiger partial charge in [-0.05, 0) is 18.3 Å². The van der Waals surface area contributed by atoms with Crippen molar-refractivity contribution in [1.82, 2.24) is 10.2 Å². The molecule has 0 aromatic rings. The molecule has 2 fully saturated rings. The average molecular weight is 274 g/mol. The Bertz CT molecular complexity index is 385. The van der Waals surface area contributed by atoms with E-state index in [2.05, 4.69) is 5.32 Å². The molecule has 2 rings (SSSR count). The molecule has 1 saturated carbocycles. The van der Waals surface area contributed by atoms with Crippen LogP contribution in [0.15, 0.2) is 0 Å². The van der Waals surface area contributed by atoms with E-state index in [9.17, 15) is 13.6 Å².